The van der Waals surface area contributed by atoms with Crippen molar-refractivity contribution in [2.45, 2.75) is 18.4 Å². The molecule has 0 radical (unpaired) electrons. The predicted molar refractivity (Wildman–Crippen MR) is 67.8 cm³/mol. The van der Waals surface area contributed by atoms with Crippen molar-refractivity contribution in [2.75, 3.05) is 19.5 Å². The molecular formula is C11H19N3O2S. The summed E-state index contributed by atoms with van der Waals surface area (Å²) in [4.78, 5) is 2.37. The molecule has 0 unspecified atom stereocenters. The summed E-state index contributed by atoms with van der Waals surface area (Å²) in [5.41, 5.74) is 3.62. The zero-order valence-electron chi connectivity index (χ0n) is 10.2. The highest BCUT2D eigenvalue weighted by molar-refractivity contribution is 7.91. The third-order valence-electron chi connectivity index (χ3n) is 2.48. The van der Waals surface area contributed by atoms with E-state index in [-0.39, 0.29) is 5.75 Å². The molecular weight excluding hydrogens is 238 g/mol. The van der Waals surface area contributed by atoms with Crippen LogP contribution in [0.4, 0.5) is 0 Å². The van der Waals surface area contributed by atoms with E-state index in [1.54, 1.807) is 19.1 Å². The lowest BCUT2D eigenvalue weighted by Crippen LogP contribution is -2.34. The van der Waals surface area contributed by atoms with Crippen LogP contribution in [0.25, 0.3) is 0 Å². The van der Waals surface area contributed by atoms with Gasteiger partial charge in [-0.05, 0) is 24.7 Å². The van der Waals surface area contributed by atoms with Crippen LogP contribution < -0.4 is 11.3 Å². The van der Waals surface area contributed by atoms with E-state index >= 15 is 0 Å². The number of hydrazine groups is 1. The van der Waals surface area contributed by atoms with E-state index in [0.29, 0.717) is 11.6 Å². The number of rotatable bonds is 6. The lowest BCUT2D eigenvalue weighted by Gasteiger charge is -2.15. The van der Waals surface area contributed by atoms with Crippen molar-refractivity contribution in [3.8, 4) is 0 Å². The topological polar surface area (TPSA) is 75.4 Å². The van der Waals surface area contributed by atoms with E-state index in [2.05, 4.69) is 5.43 Å². The average molecular weight is 257 g/mol. The zero-order valence-corrected chi connectivity index (χ0v) is 11.0. The maximum absolute atomic E-state index is 11.6. The third kappa shape index (κ3) is 4.08. The SMILES string of the molecule is CCS(=O)(=O)c1ccc(CN(C)CNN)cc1. The van der Waals surface area contributed by atoms with Gasteiger partial charge in [0.25, 0.3) is 0 Å². The number of nitrogens with zero attached hydrogens (tertiary/aromatic N) is 1. The molecule has 0 bridgehead atoms. The Hall–Kier alpha value is -0.950. The molecule has 1 aromatic rings. The molecule has 0 amide bonds. The van der Waals surface area contributed by atoms with Gasteiger partial charge < -0.3 is 0 Å². The van der Waals surface area contributed by atoms with E-state index < -0.39 is 9.84 Å². The molecule has 0 atom stereocenters. The Morgan fingerprint density at radius 2 is 1.88 bits per heavy atom. The summed E-state index contributed by atoms with van der Waals surface area (Å²) in [6, 6.07) is 6.96. The van der Waals surface area contributed by atoms with Crippen molar-refractivity contribution in [2.24, 2.45) is 5.84 Å². The fourth-order valence-corrected chi connectivity index (χ4v) is 2.38. The molecule has 6 heteroatoms. The van der Waals surface area contributed by atoms with Crippen LogP contribution in [-0.4, -0.2) is 32.8 Å². The molecule has 17 heavy (non-hydrogen) atoms. The number of hydrogen-bond acceptors (Lipinski definition) is 5. The van der Waals surface area contributed by atoms with Gasteiger partial charge in [-0.3, -0.25) is 10.7 Å². The summed E-state index contributed by atoms with van der Waals surface area (Å²) in [5, 5.41) is 0. The Morgan fingerprint density at radius 1 is 1.29 bits per heavy atom. The van der Waals surface area contributed by atoms with Crippen LogP contribution in [0, 0.1) is 0 Å². The van der Waals surface area contributed by atoms with Crippen LogP contribution in [0.1, 0.15) is 12.5 Å². The first kappa shape index (κ1) is 14.1. The molecule has 0 spiro atoms. The Bertz CT molecular complexity index is 442. The number of nitrogens with one attached hydrogen (secondary N) is 1. The molecule has 1 rings (SSSR count). The molecule has 1 aromatic carbocycles. The van der Waals surface area contributed by atoms with Gasteiger partial charge in [-0.25, -0.2) is 13.8 Å². The number of nitrogens with two attached hydrogens (primary N) is 1. The minimum absolute atomic E-state index is 0.128. The monoisotopic (exact) mass is 257 g/mol. The summed E-state index contributed by atoms with van der Waals surface area (Å²) >= 11 is 0. The van der Waals surface area contributed by atoms with Crippen molar-refractivity contribution in [3.63, 3.8) is 0 Å². The van der Waals surface area contributed by atoms with Gasteiger partial charge in [0, 0.05) is 6.54 Å². The second-order valence-electron chi connectivity index (χ2n) is 3.92. The molecule has 0 aliphatic heterocycles. The summed E-state index contributed by atoms with van der Waals surface area (Å²) in [6.45, 7) is 2.94. The van der Waals surface area contributed by atoms with E-state index in [1.807, 2.05) is 24.1 Å². The van der Waals surface area contributed by atoms with Gasteiger partial charge in [0.2, 0.25) is 0 Å². The maximum Gasteiger partial charge on any atom is 0.178 e. The maximum atomic E-state index is 11.6. The van der Waals surface area contributed by atoms with E-state index in [9.17, 15) is 8.42 Å². The van der Waals surface area contributed by atoms with Gasteiger partial charge >= 0.3 is 0 Å². The Labute approximate surface area is 103 Å². The van der Waals surface area contributed by atoms with Gasteiger partial charge in [-0.2, -0.15) is 0 Å². The summed E-state index contributed by atoms with van der Waals surface area (Å²) in [5.74, 6) is 5.34. The van der Waals surface area contributed by atoms with Crippen LogP contribution in [0.5, 0.6) is 0 Å². The number of sulfone groups is 1. The van der Waals surface area contributed by atoms with Gasteiger partial charge in [0.1, 0.15) is 0 Å². The van der Waals surface area contributed by atoms with E-state index in [4.69, 9.17) is 5.84 Å². The largest absolute Gasteiger partial charge is 0.288 e. The van der Waals surface area contributed by atoms with E-state index in [1.165, 1.54) is 0 Å². The normalized spacial score (nSPS) is 12.0. The van der Waals surface area contributed by atoms with Crippen LogP contribution >= 0.6 is 0 Å². The van der Waals surface area contributed by atoms with Crippen molar-refractivity contribution >= 4 is 9.84 Å². The molecule has 0 aromatic heterocycles. The fraction of sp³-hybridized carbons (Fsp3) is 0.455. The molecule has 0 fully saturated rings. The Morgan fingerprint density at radius 3 is 2.35 bits per heavy atom. The van der Waals surface area contributed by atoms with Crippen LogP contribution in [0.2, 0.25) is 0 Å². The van der Waals surface area contributed by atoms with Crippen molar-refractivity contribution in [1.82, 2.24) is 10.3 Å². The molecule has 0 heterocycles. The minimum atomic E-state index is -3.10. The molecule has 3 N–H and O–H groups in total. The van der Waals surface area contributed by atoms with Gasteiger partial charge in [0.15, 0.2) is 9.84 Å². The van der Waals surface area contributed by atoms with Crippen LogP contribution in [-0.2, 0) is 16.4 Å². The first-order valence-electron chi connectivity index (χ1n) is 5.43. The Kier molecular flexibility index (Phi) is 5.07. The zero-order chi connectivity index (χ0) is 12.9. The van der Waals surface area contributed by atoms with Crippen molar-refractivity contribution in [1.29, 1.82) is 0 Å². The first-order chi connectivity index (χ1) is 7.99. The molecule has 0 saturated carbocycles. The van der Waals surface area contributed by atoms with Crippen molar-refractivity contribution < 1.29 is 8.42 Å². The lowest BCUT2D eigenvalue weighted by atomic mass is 10.2. The average Bonchev–Trinajstić information content (AvgIpc) is 2.30. The highest BCUT2D eigenvalue weighted by atomic mass is 32.2. The lowest BCUT2D eigenvalue weighted by molar-refractivity contribution is 0.301. The van der Waals surface area contributed by atoms with Gasteiger partial charge in [-0.1, -0.05) is 19.1 Å². The third-order valence-corrected chi connectivity index (χ3v) is 4.23. The molecule has 0 saturated heterocycles. The summed E-state index contributed by atoms with van der Waals surface area (Å²) < 4.78 is 23.2. The molecule has 96 valence electrons. The van der Waals surface area contributed by atoms with Crippen LogP contribution in [0.15, 0.2) is 29.2 Å². The molecule has 0 aliphatic carbocycles. The highest BCUT2D eigenvalue weighted by Crippen LogP contribution is 2.13. The fourth-order valence-electron chi connectivity index (χ4n) is 1.49. The van der Waals surface area contributed by atoms with Crippen molar-refractivity contribution in [3.05, 3.63) is 29.8 Å². The Balaban J connectivity index is 2.75. The molecule has 0 aliphatic rings. The highest BCUT2D eigenvalue weighted by Gasteiger charge is 2.10. The minimum Gasteiger partial charge on any atom is -0.288 e. The standard InChI is InChI=1S/C11H19N3O2S/c1-3-17(15,16)11-6-4-10(5-7-11)8-14(2)9-13-12/h4-7,13H,3,8-9,12H2,1-2H3. The number of hydrogen-bond donors (Lipinski definition) is 2. The van der Waals surface area contributed by atoms with Gasteiger partial charge in [-0.15, -0.1) is 0 Å². The summed E-state index contributed by atoms with van der Waals surface area (Å²) in [6.07, 6.45) is 0. The smallest absolute Gasteiger partial charge is 0.178 e. The van der Waals surface area contributed by atoms with Crippen LogP contribution in [0.3, 0.4) is 0 Å². The van der Waals surface area contributed by atoms with Gasteiger partial charge in [0.05, 0.1) is 17.3 Å². The number of benzene rings is 1. The quantitative estimate of drug-likeness (QED) is 0.436. The first-order valence-corrected chi connectivity index (χ1v) is 7.08. The summed E-state index contributed by atoms with van der Waals surface area (Å²) in [7, 11) is -1.17. The molecule has 5 nitrogen and oxygen atoms in total. The predicted octanol–water partition coefficient (Wildman–Crippen LogP) is 0.333. The second-order valence-corrected chi connectivity index (χ2v) is 6.20. The second kappa shape index (κ2) is 6.11. The van der Waals surface area contributed by atoms with E-state index in [0.717, 1.165) is 12.1 Å².